The van der Waals surface area contributed by atoms with Crippen molar-refractivity contribution in [3.63, 3.8) is 0 Å². The molecule has 0 amide bonds. The van der Waals surface area contributed by atoms with Crippen molar-refractivity contribution < 1.29 is 9.90 Å². The Balaban J connectivity index is 3.11. The summed E-state index contributed by atoms with van der Waals surface area (Å²) in [7, 11) is 0. The van der Waals surface area contributed by atoms with E-state index in [2.05, 4.69) is 0 Å². The van der Waals surface area contributed by atoms with Gasteiger partial charge in [-0.3, -0.25) is 4.79 Å². The molecule has 1 unspecified atom stereocenters. The minimum Gasteiger partial charge on any atom is -0.392 e. The molecule has 0 radical (unpaired) electrons. The van der Waals surface area contributed by atoms with E-state index in [4.69, 9.17) is 0 Å². The molecule has 0 bridgehead atoms. The highest BCUT2D eigenvalue weighted by Gasteiger charge is 2.33. The summed E-state index contributed by atoms with van der Waals surface area (Å²) in [6.45, 7) is 7.10. The zero-order valence-electron chi connectivity index (χ0n) is 9.74. The number of hydrogen-bond acceptors (Lipinski definition) is 2. The molecule has 1 atom stereocenters. The second-order valence-corrected chi connectivity index (χ2v) is 4.54. The molecular formula is C13H18O2. The van der Waals surface area contributed by atoms with Crippen molar-refractivity contribution in [2.75, 3.05) is 0 Å². The van der Waals surface area contributed by atoms with Crippen LogP contribution in [0.3, 0.4) is 0 Å². The zero-order valence-corrected chi connectivity index (χ0v) is 9.74. The number of aliphatic hydroxyl groups is 1. The van der Waals surface area contributed by atoms with Crippen LogP contribution in [0.4, 0.5) is 0 Å². The van der Waals surface area contributed by atoms with Gasteiger partial charge in [-0.1, -0.05) is 38.1 Å². The lowest BCUT2D eigenvalue weighted by molar-refractivity contribution is 0.0472. The van der Waals surface area contributed by atoms with Crippen molar-refractivity contribution in [2.24, 2.45) is 5.41 Å². The first-order chi connectivity index (χ1) is 6.87. The molecule has 0 saturated heterocycles. The fraction of sp³-hybridized carbons (Fsp3) is 0.462. The molecule has 0 aliphatic carbocycles. The summed E-state index contributed by atoms with van der Waals surface area (Å²) in [6.07, 6.45) is -0.649. The molecule has 1 N–H and O–H groups in total. The van der Waals surface area contributed by atoms with Gasteiger partial charge in [0, 0.05) is 5.56 Å². The fourth-order valence-corrected chi connectivity index (χ4v) is 1.36. The van der Waals surface area contributed by atoms with Crippen molar-refractivity contribution >= 4 is 5.78 Å². The van der Waals surface area contributed by atoms with E-state index in [9.17, 15) is 9.90 Å². The maximum atomic E-state index is 12.2. The van der Waals surface area contributed by atoms with E-state index < -0.39 is 11.5 Å². The highest BCUT2D eigenvalue weighted by Crippen LogP contribution is 2.27. The van der Waals surface area contributed by atoms with Crippen molar-refractivity contribution in [1.29, 1.82) is 0 Å². The minimum absolute atomic E-state index is 0.00407. The van der Waals surface area contributed by atoms with Crippen LogP contribution in [0.25, 0.3) is 0 Å². The van der Waals surface area contributed by atoms with E-state index in [1.54, 1.807) is 20.8 Å². The molecule has 1 aromatic carbocycles. The van der Waals surface area contributed by atoms with Crippen molar-refractivity contribution in [3.8, 4) is 0 Å². The van der Waals surface area contributed by atoms with Gasteiger partial charge in [-0.15, -0.1) is 0 Å². The van der Waals surface area contributed by atoms with Gasteiger partial charge in [0.2, 0.25) is 0 Å². The normalized spacial score (nSPS) is 13.7. The Morgan fingerprint density at radius 3 is 2.33 bits per heavy atom. The minimum atomic E-state index is -0.730. The molecule has 2 nitrogen and oxygen atoms in total. The van der Waals surface area contributed by atoms with Crippen LogP contribution in [-0.4, -0.2) is 17.0 Å². The Kier molecular flexibility index (Phi) is 3.30. The summed E-state index contributed by atoms with van der Waals surface area (Å²) >= 11 is 0. The molecular weight excluding hydrogens is 188 g/mol. The van der Waals surface area contributed by atoms with Crippen LogP contribution in [0, 0.1) is 12.3 Å². The van der Waals surface area contributed by atoms with E-state index >= 15 is 0 Å². The molecule has 0 heterocycles. The standard InChI is InChI=1S/C13H18O2/c1-9-7-5-6-8-11(9)12(15)13(3,4)10(2)14/h5-8,10,14H,1-4H3. The summed E-state index contributed by atoms with van der Waals surface area (Å²) in [5, 5.41) is 9.58. The van der Waals surface area contributed by atoms with E-state index in [-0.39, 0.29) is 5.78 Å². The lowest BCUT2D eigenvalue weighted by Crippen LogP contribution is -2.35. The summed E-state index contributed by atoms with van der Waals surface area (Å²) in [6, 6.07) is 7.47. The van der Waals surface area contributed by atoms with Gasteiger partial charge in [0.25, 0.3) is 0 Å². The SMILES string of the molecule is Cc1ccccc1C(=O)C(C)(C)C(C)O. The molecule has 0 aliphatic rings. The Morgan fingerprint density at radius 1 is 1.33 bits per heavy atom. The summed E-state index contributed by atoms with van der Waals surface area (Å²) in [4.78, 5) is 12.2. The molecule has 0 fully saturated rings. The number of hydrogen-bond donors (Lipinski definition) is 1. The predicted molar refractivity (Wildman–Crippen MR) is 61.0 cm³/mol. The number of benzene rings is 1. The van der Waals surface area contributed by atoms with Crippen LogP contribution in [0.5, 0.6) is 0 Å². The third kappa shape index (κ3) is 2.26. The lowest BCUT2D eigenvalue weighted by Gasteiger charge is -2.26. The van der Waals surface area contributed by atoms with Crippen molar-refractivity contribution in [2.45, 2.75) is 33.8 Å². The van der Waals surface area contributed by atoms with Gasteiger partial charge in [0.15, 0.2) is 5.78 Å². The van der Waals surface area contributed by atoms with Crippen molar-refractivity contribution in [3.05, 3.63) is 35.4 Å². The lowest BCUT2D eigenvalue weighted by atomic mass is 9.79. The third-order valence-corrected chi connectivity index (χ3v) is 3.02. The molecule has 1 rings (SSSR count). The topological polar surface area (TPSA) is 37.3 Å². The predicted octanol–water partition coefficient (Wildman–Crippen LogP) is 2.58. The number of carbonyl (C=O) groups is 1. The second-order valence-electron chi connectivity index (χ2n) is 4.54. The van der Waals surface area contributed by atoms with E-state index in [0.29, 0.717) is 5.56 Å². The number of ketones is 1. The molecule has 0 saturated carbocycles. The van der Waals surface area contributed by atoms with Crippen LogP contribution in [0.2, 0.25) is 0 Å². The third-order valence-electron chi connectivity index (χ3n) is 3.02. The Labute approximate surface area is 90.9 Å². The molecule has 82 valence electrons. The highest BCUT2D eigenvalue weighted by atomic mass is 16.3. The first kappa shape index (κ1) is 11.9. The molecule has 0 spiro atoms. The van der Waals surface area contributed by atoms with E-state index in [1.165, 1.54) is 0 Å². The molecule has 0 aliphatic heterocycles. The van der Waals surface area contributed by atoms with Crippen LogP contribution >= 0.6 is 0 Å². The Bertz CT molecular complexity index is 365. The second kappa shape index (κ2) is 4.15. The summed E-state index contributed by atoms with van der Waals surface area (Å²) in [5.74, 6) is -0.00407. The van der Waals surface area contributed by atoms with E-state index in [1.807, 2.05) is 31.2 Å². The first-order valence-electron chi connectivity index (χ1n) is 5.16. The van der Waals surface area contributed by atoms with Gasteiger partial charge in [0.1, 0.15) is 0 Å². The Morgan fingerprint density at radius 2 is 1.87 bits per heavy atom. The number of aliphatic hydroxyl groups excluding tert-OH is 1. The molecule has 1 aromatic rings. The van der Waals surface area contributed by atoms with Crippen LogP contribution in [0.1, 0.15) is 36.7 Å². The van der Waals surface area contributed by atoms with E-state index in [0.717, 1.165) is 5.56 Å². The van der Waals surface area contributed by atoms with Crippen molar-refractivity contribution in [1.82, 2.24) is 0 Å². The zero-order chi connectivity index (χ0) is 11.6. The Hall–Kier alpha value is -1.15. The first-order valence-corrected chi connectivity index (χ1v) is 5.16. The van der Waals surface area contributed by atoms with Gasteiger partial charge in [0.05, 0.1) is 11.5 Å². The smallest absolute Gasteiger partial charge is 0.171 e. The van der Waals surface area contributed by atoms with Gasteiger partial charge >= 0.3 is 0 Å². The number of rotatable bonds is 3. The maximum Gasteiger partial charge on any atom is 0.171 e. The van der Waals surface area contributed by atoms with Crippen LogP contribution in [-0.2, 0) is 0 Å². The number of aryl methyl sites for hydroxylation is 1. The van der Waals surface area contributed by atoms with Gasteiger partial charge in [-0.25, -0.2) is 0 Å². The average molecular weight is 206 g/mol. The maximum absolute atomic E-state index is 12.2. The average Bonchev–Trinajstić information content (AvgIpc) is 2.17. The largest absolute Gasteiger partial charge is 0.392 e. The quantitative estimate of drug-likeness (QED) is 0.772. The van der Waals surface area contributed by atoms with Crippen LogP contribution in [0.15, 0.2) is 24.3 Å². The monoisotopic (exact) mass is 206 g/mol. The number of Topliss-reactive ketones (excluding diaryl/α,β-unsaturated/α-hetero) is 1. The van der Waals surface area contributed by atoms with Gasteiger partial charge < -0.3 is 5.11 Å². The fourth-order valence-electron chi connectivity index (χ4n) is 1.36. The highest BCUT2D eigenvalue weighted by molar-refractivity contribution is 6.01. The summed E-state index contributed by atoms with van der Waals surface area (Å²) < 4.78 is 0. The number of carbonyl (C=O) groups excluding carboxylic acids is 1. The molecule has 0 aromatic heterocycles. The van der Waals surface area contributed by atoms with Crippen LogP contribution < -0.4 is 0 Å². The van der Waals surface area contributed by atoms with Gasteiger partial charge in [-0.2, -0.15) is 0 Å². The molecule has 2 heteroatoms. The molecule has 15 heavy (non-hydrogen) atoms. The van der Waals surface area contributed by atoms with Gasteiger partial charge in [-0.05, 0) is 19.4 Å². The summed E-state index contributed by atoms with van der Waals surface area (Å²) in [5.41, 5.74) is 0.922.